The second-order valence-corrected chi connectivity index (χ2v) is 7.79. The van der Waals surface area contributed by atoms with Crippen LogP contribution in [0.1, 0.15) is 50.2 Å². The zero-order valence-electron chi connectivity index (χ0n) is 17.0. The second-order valence-electron chi connectivity index (χ2n) is 7.79. The van der Waals surface area contributed by atoms with Crippen molar-refractivity contribution >= 4 is 5.96 Å². The molecule has 2 heterocycles. The van der Waals surface area contributed by atoms with E-state index < -0.39 is 11.7 Å². The van der Waals surface area contributed by atoms with E-state index in [0.29, 0.717) is 23.7 Å². The third-order valence-electron chi connectivity index (χ3n) is 5.76. The van der Waals surface area contributed by atoms with E-state index >= 15 is 0 Å². The predicted molar refractivity (Wildman–Crippen MR) is 110 cm³/mol. The number of piperidine rings is 2. The van der Waals surface area contributed by atoms with Crippen molar-refractivity contribution < 1.29 is 13.2 Å². The Morgan fingerprint density at radius 3 is 2.62 bits per heavy atom. The van der Waals surface area contributed by atoms with E-state index in [2.05, 4.69) is 39.4 Å². The first kappa shape index (κ1) is 21.5. The van der Waals surface area contributed by atoms with E-state index in [0.717, 1.165) is 37.5 Å². The van der Waals surface area contributed by atoms with Crippen LogP contribution in [0.3, 0.4) is 0 Å². The molecule has 2 bridgehead atoms. The van der Waals surface area contributed by atoms with Gasteiger partial charge in [-0.3, -0.25) is 0 Å². The van der Waals surface area contributed by atoms with Gasteiger partial charge in [0.25, 0.3) is 0 Å². The van der Waals surface area contributed by atoms with Gasteiger partial charge in [0.15, 0.2) is 5.96 Å². The third kappa shape index (κ3) is 5.89. The Kier molecular flexibility index (Phi) is 7.07. The van der Waals surface area contributed by atoms with Gasteiger partial charge in [0.1, 0.15) is 6.54 Å². The molecule has 2 N–H and O–H groups in total. The van der Waals surface area contributed by atoms with Crippen LogP contribution in [-0.4, -0.2) is 49.1 Å². The number of rotatable bonds is 3. The summed E-state index contributed by atoms with van der Waals surface area (Å²) in [6, 6.07) is 6.71. The summed E-state index contributed by atoms with van der Waals surface area (Å²) in [5, 5.41) is 6.77. The normalized spacial score (nSPS) is 25.1. The summed E-state index contributed by atoms with van der Waals surface area (Å²) in [6.07, 6.45) is 1.67. The van der Waals surface area contributed by atoms with Gasteiger partial charge in [0.05, 0.1) is 5.56 Å². The fourth-order valence-corrected chi connectivity index (χ4v) is 4.28. The molecule has 0 aliphatic carbocycles. The number of aliphatic imine (C=N–C) groups is 1. The van der Waals surface area contributed by atoms with E-state index in [1.165, 1.54) is 25.3 Å². The average Bonchev–Trinajstić information content (AvgIpc) is 2.66. The Hall–Kier alpha value is -2.20. The molecule has 0 saturated carbocycles. The van der Waals surface area contributed by atoms with E-state index in [9.17, 15) is 13.2 Å². The summed E-state index contributed by atoms with van der Waals surface area (Å²) in [5.41, 5.74) is -0.341. The molecule has 3 rings (SSSR count). The summed E-state index contributed by atoms with van der Waals surface area (Å²) in [5.74, 6) is 6.36. The zero-order valence-corrected chi connectivity index (χ0v) is 17.0. The molecule has 2 saturated heterocycles. The van der Waals surface area contributed by atoms with Gasteiger partial charge in [0, 0.05) is 30.2 Å². The van der Waals surface area contributed by atoms with Crippen LogP contribution in [0.4, 0.5) is 13.2 Å². The summed E-state index contributed by atoms with van der Waals surface area (Å²) >= 11 is 0. The van der Waals surface area contributed by atoms with Gasteiger partial charge in [-0.1, -0.05) is 24.3 Å². The maximum atomic E-state index is 12.8. The predicted octanol–water partition coefficient (Wildman–Crippen LogP) is 3.63. The molecule has 0 amide bonds. The number of nitrogens with zero attached hydrogens (tertiary/aromatic N) is 2. The number of guanidine groups is 1. The number of fused-ring (bicyclic) bond motifs is 2. The van der Waals surface area contributed by atoms with Crippen LogP contribution in [0, 0.1) is 11.8 Å². The number of hydrogen-bond acceptors (Lipinski definition) is 2. The highest BCUT2D eigenvalue weighted by Gasteiger charge is 2.36. The molecule has 2 aliphatic heterocycles. The van der Waals surface area contributed by atoms with Crippen LogP contribution in [0.2, 0.25) is 0 Å². The fourth-order valence-electron chi connectivity index (χ4n) is 4.28. The molecule has 2 aliphatic rings. The van der Waals surface area contributed by atoms with Gasteiger partial charge >= 0.3 is 6.18 Å². The van der Waals surface area contributed by atoms with Crippen molar-refractivity contribution in [1.82, 2.24) is 15.5 Å². The van der Waals surface area contributed by atoms with Crippen molar-refractivity contribution in [3.8, 4) is 11.8 Å². The highest BCUT2D eigenvalue weighted by atomic mass is 19.4. The largest absolute Gasteiger partial charge is 0.416 e. The number of hydrogen-bond donors (Lipinski definition) is 2. The molecule has 1 aromatic rings. The quantitative estimate of drug-likeness (QED) is 0.458. The Balaban J connectivity index is 1.60. The van der Waals surface area contributed by atoms with Crippen molar-refractivity contribution in [3.05, 3.63) is 35.4 Å². The molecule has 7 heteroatoms. The Morgan fingerprint density at radius 1 is 1.24 bits per heavy atom. The summed E-state index contributed by atoms with van der Waals surface area (Å²) in [7, 11) is 2.23. The van der Waals surface area contributed by atoms with E-state index in [4.69, 9.17) is 0 Å². The minimum absolute atomic E-state index is 0.227. The molecule has 2 fully saturated rings. The van der Waals surface area contributed by atoms with Crippen molar-refractivity contribution in [1.29, 1.82) is 0 Å². The van der Waals surface area contributed by atoms with Crippen LogP contribution < -0.4 is 10.6 Å². The number of nitrogens with one attached hydrogen (secondary N) is 2. The fraction of sp³-hybridized carbons (Fsp3) is 0.591. The van der Waals surface area contributed by atoms with Crippen molar-refractivity contribution in [2.24, 2.45) is 4.99 Å². The van der Waals surface area contributed by atoms with Gasteiger partial charge in [0.2, 0.25) is 0 Å². The molecular formula is C22H29F3N4. The molecular weight excluding hydrogens is 377 g/mol. The van der Waals surface area contributed by atoms with Crippen LogP contribution in [0.15, 0.2) is 29.3 Å². The van der Waals surface area contributed by atoms with Gasteiger partial charge in [-0.2, -0.15) is 13.2 Å². The van der Waals surface area contributed by atoms with Crippen molar-refractivity contribution in [2.45, 2.75) is 63.3 Å². The molecule has 0 spiro atoms. The van der Waals surface area contributed by atoms with E-state index in [-0.39, 0.29) is 6.54 Å². The maximum absolute atomic E-state index is 12.8. The molecule has 0 aromatic heterocycles. The molecule has 4 nitrogen and oxygen atoms in total. The molecule has 158 valence electrons. The maximum Gasteiger partial charge on any atom is 0.416 e. The highest BCUT2D eigenvalue weighted by molar-refractivity contribution is 5.80. The third-order valence-corrected chi connectivity index (χ3v) is 5.76. The van der Waals surface area contributed by atoms with Crippen molar-refractivity contribution in [3.63, 3.8) is 0 Å². The van der Waals surface area contributed by atoms with Crippen LogP contribution in [0.5, 0.6) is 0 Å². The minimum Gasteiger partial charge on any atom is -0.357 e. The summed E-state index contributed by atoms with van der Waals surface area (Å²) in [4.78, 5) is 7.01. The van der Waals surface area contributed by atoms with E-state index in [1.807, 2.05) is 6.92 Å². The SMILES string of the molecule is CCNC(=NCC#Cc1cccc(C(F)(F)F)c1)NC1CC2CCCC(C1)N2C. The highest BCUT2D eigenvalue weighted by Crippen LogP contribution is 2.32. The zero-order chi connectivity index (χ0) is 20.9. The average molecular weight is 406 g/mol. The van der Waals surface area contributed by atoms with Gasteiger partial charge in [-0.25, -0.2) is 4.99 Å². The molecule has 29 heavy (non-hydrogen) atoms. The molecule has 2 unspecified atom stereocenters. The molecule has 2 atom stereocenters. The van der Waals surface area contributed by atoms with Crippen LogP contribution in [0.25, 0.3) is 0 Å². The molecule has 0 radical (unpaired) electrons. The lowest BCUT2D eigenvalue weighted by molar-refractivity contribution is -0.137. The van der Waals surface area contributed by atoms with Crippen LogP contribution in [-0.2, 0) is 6.18 Å². The Labute approximate surface area is 171 Å². The van der Waals surface area contributed by atoms with Crippen molar-refractivity contribution in [2.75, 3.05) is 20.1 Å². The smallest absolute Gasteiger partial charge is 0.357 e. The number of alkyl halides is 3. The first-order valence-corrected chi connectivity index (χ1v) is 10.3. The minimum atomic E-state index is -4.36. The van der Waals surface area contributed by atoms with E-state index in [1.54, 1.807) is 6.07 Å². The lowest BCUT2D eigenvalue weighted by Gasteiger charge is -2.47. The number of benzene rings is 1. The van der Waals surface area contributed by atoms with Gasteiger partial charge < -0.3 is 15.5 Å². The Morgan fingerprint density at radius 2 is 1.97 bits per heavy atom. The molecule has 1 aromatic carbocycles. The summed E-state index contributed by atoms with van der Waals surface area (Å²) < 4.78 is 38.4. The second kappa shape index (κ2) is 9.53. The van der Waals surface area contributed by atoms with Crippen LogP contribution >= 0.6 is 0 Å². The lowest BCUT2D eigenvalue weighted by Crippen LogP contribution is -2.56. The number of halogens is 3. The Bertz CT molecular complexity index is 764. The lowest BCUT2D eigenvalue weighted by atomic mass is 9.82. The topological polar surface area (TPSA) is 39.7 Å². The van der Waals surface area contributed by atoms with Gasteiger partial charge in [-0.05, 0) is 57.9 Å². The van der Waals surface area contributed by atoms with Gasteiger partial charge in [-0.15, -0.1) is 0 Å². The summed E-state index contributed by atoms with van der Waals surface area (Å²) in [6.45, 7) is 2.98. The monoisotopic (exact) mass is 406 g/mol. The first-order valence-electron chi connectivity index (χ1n) is 10.3. The standard InChI is InChI=1S/C22H29F3N4/c1-3-26-21(28-18-14-19-10-5-11-20(15-18)29(19)2)27-12-6-8-16-7-4-9-17(13-16)22(23,24)25/h4,7,9,13,18-20H,3,5,10-12,14-15H2,1-2H3,(H2,26,27,28). The first-order chi connectivity index (χ1) is 13.9.